The van der Waals surface area contributed by atoms with Crippen LogP contribution in [0.15, 0.2) is 18.2 Å². The van der Waals surface area contributed by atoms with Gasteiger partial charge in [0.15, 0.2) is 0 Å². The Morgan fingerprint density at radius 3 is 2.58 bits per heavy atom. The molecule has 1 aliphatic carbocycles. The van der Waals surface area contributed by atoms with Gasteiger partial charge in [0.25, 0.3) is 0 Å². The summed E-state index contributed by atoms with van der Waals surface area (Å²) in [4.78, 5) is 13.7. The molecule has 0 radical (unpaired) electrons. The number of hydrogen-bond acceptors (Lipinski definition) is 2. The normalized spacial score (nSPS) is 17.2. The summed E-state index contributed by atoms with van der Waals surface area (Å²) >= 11 is 0. The molecular formula is C17H25NO. The highest BCUT2D eigenvalue weighted by Crippen LogP contribution is 2.23. The highest BCUT2D eigenvalue weighted by Gasteiger charge is 2.20. The third kappa shape index (κ3) is 4.17. The topological polar surface area (TPSA) is 20.3 Å². The number of carbonyl (C=O) groups is 1. The monoisotopic (exact) mass is 259 g/mol. The van der Waals surface area contributed by atoms with E-state index in [1.54, 1.807) is 0 Å². The van der Waals surface area contributed by atoms with Crippen molar-refractivity contribution in [1.29, 1.82) is 0 Å². The SMILES string of the molecule is Cc1ccc(C)c(CN(C)CC2CCC(=O)CC2)c1. The van der Waals surface area contributed by atoms with Crippen LogP contribution in [0.4, 0.5) is 0 Å². The van der Waals surface area contributed by atoms with Crippen LogP contribution in [0.25, 0.3) is 0 Å². The molecule has 0 spiro atoms. The van der Waals surface area contributed by atoms with Crippen LogP contribution in [0.5, 0.6) is 0 Å². The van der Waals surface area contributed by atoms with Gasteiger partial charge in [0, 0.05) is 25.9 Å². The zero-order chi connectivity index (χ0) is 13.8. The second kappa shape index (κ2) is 6.33. The van der Waals surface area contributed by atoms with Crippen molar-refractivity contribution in [2.24, 2.45) is 5.92 Å². The molecule has 1 saturated carbocycles. The standard InChI is InChI=1S/C17H25NO/c1-13-4-5-14(2)16(10-13)12-18(3)11-15-6-8-17(19)9-7-15/h4-5,10,15H,6-9,11-12H2,1-3H3. The summed E-state index contributed by atoms with van der Waals surface area (Å²) < 4.78 is 0. The van der Waals surface area contributed by atoms with Crippen LogP contribution in [-0.2, 0) is 11.3 Å². The third-order valence-corrected chi connectivity index (χ3v) is 4.18. The van der Waals surface area contributed by atoms with Crippen molar-refractivity contribution in [3.8, 4) is 0 Å². The largest absolute Gasteiger partial charge is 0.302 e. The maximum atomic E-state index is 11.3. The lowest BCUT2D eigenvalue weighted by molar-refractivity contribution is -0.121. The predicted octanol–water partition coefficient (Wildman–Crippen LogP) is 3.49. The molecule has 1 aromatic carbocycles. The lowest BCUT2D eigenvalue weighted by Crippen LogP contribution is -2.28. The first-order valence-corrected chi connectivity index (χ1v) is 7.31. The molecule has 0 atom stereocenters. The van der Waals surface area contributed by atoms with Crippen LogP contribution in [-0.4, -0.2) is 24.3 Å². The van der Waals surface area contributed by atoms with Gasteiger partial charge < -0.3 is 4.90 Å². The summed E-state index contributed by atoms with van der Waals surface area (Å²) in [6.45, 7) is 6.45. The highest BCUT2D eigenvalue weighted by atomic mass is 16.1. The van der Waals surface area contributed by atoms with Crippen molar-refractivity contribution in [2.75, 3.05) is 13.6 Å². The van der Waals surface area contributed by atoms with E-state index in [2.05, 4.69) is 44.0 Å². The van der Waals surface area contributed by atoms with E-state index in [1.165, 1.54) is 16.7 Å². The Kier molecular flexibility index (Phi) is 4.76. The number of hydrogen-bond donors (Lipinski definition) is 0. The molecule has 1 fully saturated rings. The summed E-state index contributed by atoms with van der Waals surface area (Å²) in [6.07, 6.45) is 3.75. The highest BCUT2D eigenvalue weighted by molar-refractivity contribution is 5.79. The second-order valence-electron chi connectivity index (χ2n) is 6.11. The Hall–Kier alpha value is -1.15. The first-order valence-electron chi connectivity index (χ1n) is 7.31. The molecule has 104 valence electrons. The van der Waals surface area contributed by atoms with E-state index in [1.807, 2.05) is 0 Å². The van der Waals surface area contributed by atoms with Crippen molar-refractivity contribution < 1.29 is 4.79 Å². The summed E-state index contributed by atoms with van der Waals surface area (Å²) in [5.74, 6) is 1.15. The van der Waals surface area contributed by atoms with Crippen molar-refractivity contribution >= 4 is 5.78 Å². The number of aryl methyl sites for hydroxylation is 2. The summed E-state index contributed by atoms with van der Waals surface area (Å²) in [7, 11) is 2.19. The van der Waals surface area contributed by atoms with Gasteiger partial charge in [-0.2, -0.15) is 0 Å². The van der Waals surface area contributed by atoms with Gasteiger partial charge in [-0.05, 0) is 50.8 Å². The molecule has 1 aliphatic rings. The summed E-state index contributed by atoms with van der Waals surface area (Å²) in [5, 5.41) is 0. The first-order chi connectivity index (χ1) is 9.04. The summed E-state index contributed by atoms with van der Waals surface area (Å²) in [6, 6.07) is 6.67. The number of nitrogens with zero attached hydrogens (tertiary/aromatic N) is 1. The molecule has 0 aromatic heterocycles. The minimum Gasteiger partial charge on any atom is -0.302 e. The Labute approximate surface area is 116 Å². The van der Waals surface area contributed by atoms with E-state index in [-0.39, 0.29) is 0 Å². The number of ketones is 1. The van der Waals surface area contributed by atoms with Crippen LogP contribution in [0.3, 0.4) is 0 Å². The third-order valence-electron chi connectivity index (χ3n) is 4.18. The molecule has 2 rings (SSSR count). The molecule has 2 nitrogen and oxygen atoms in total. The lowest BCUT2D eigenvalue weighted by atomic mass is 9.88. The van der Waals surface area contributed by atoms with E-state index in [9.17, 15) is 4.79 Å². The zero-order valence-electron chi connectivity index (χ0n) is 12.4. The van der Waals surface area contributed by atoms with E-state index >= 15 is 0 Å². The van der Waals surface area contributed by atoms with Crippen molar-refractivity contribution in [3.05, 3.63) is 34.9 Å². The van der Waals surface area contributed by atoms with Crippen LogP contribution in [0, 0.1) is 19.8 Å². The number of rotatable bonds is 4. The molecule has 2 heteroatoms. The molecule has 0 bridgehead atoms. The Balaban J connectivity index is 1.88. The Bertz CT molecular complexity index is 443. The van der Waals surface area contributed by atoms with Crippen molar-refractivity contribution in [2.45, 2.75) is 46.1 Å². The predicted molar refractivity (Wildman–Crippen MR) is 79.2 cm³/mol. The molecule has 1 aromatic rings. The van der Waals surface area contributed by atoms with Crippen LogP contribution >= 0.6 is 0 Å². The van der Waals surface area contributed by atoms with Crippen LogP contribution in [0.1, 0.15) is 42.4 Å². The van der Waals surface area contributed by atoms with Gasteiger partial charge in [0.1, 0.15) is 5.78 Å². The maximum absolute atomic E-state index is 11.3. The minimum absolute atomic E-state index is 0.452. The van der Waals surface area contributed by atoms with Gasteiger partial charge in [-0.3, -0.25) is 4.79 Å². The van der Waals surface area contributed by atoms with E-state index in [0.29, 0.717) is 11.7 Å². The molecule has 0 N–H and O–H groups in total. The fourth-order valence-electron chi connectivity index (χ4n) is 2.95. The van der Waals surface area contributed by atoms with Crippen molar-refractivity contribution in [1.82, 2.24) is 4.90 Å². The second-order valence-corrected chi connectivity index (χ2v) is 6.11. The smallest absolute Gasteiger partial charge is 0.132 e. The fourth-order valence-corrected chi connectivity index (χ4v) is 2.95. The molecule has 0 amide bonds. The first kappa shape index (κ1) is 14.3. The van der Waals surface area contributed by atoms with Crippen LogP contribution in [0.2, 0.25) is 0 Å². The van der Waals surface area contributed by atoms with Crippen molar-refractivity contribution in [3.63, 3.8) is 0 Å². The van der Waals surface area contributed by atoms with Gasteiger partial charge in [0.2, 0.25) is 0 Å². The maximum Gasteiger partial charge on any atom is 0.132 e. The molecule has 0 saturated heterocycles. The van der Waals surface area contributed by atoms with E-state index in [0.717, 1.165) is 38.8 Å². The molecule has 19 heavy (non-hydrogen) atoms. The van der Waals surface area contributed by atoms with Gasteiger partial charge in [-0.15, -0.1) is 0 Å². The Morgan fingerprint density at radius 1 is 1.21 bits per heavy atom. The van der Waals surface area contributed by atoms with Crippen LogP contribution < -0.4 is 0 Å². The number of carbonyl (C=O) groups excluding carboxylic acids is 1. The average Bonchev–Trinajstić information content (AvgIpc) is 2.37. The minimum atomic E-state index is 0.452. The molecule has 0 unspecified atom stereocenters. The number of Topliss-reactive ketones (excluding diaryl/α,β-unsaturated/α-hetero) is 1. The molecule has 0 heterocycles. The van der Waals surface area contributed by atoms with Gasteiger partial charge in [0.05, 0.1) is 0 Å². The van der Waals surface area contributed by atoms with Gasteiger partial charge in [-0.1, -0.05) is 23.8 Å². The van der Waals surface area contributed by atoms with Gasteiger partial charge >= 0.3 is 0 Å². The van der Waals surface area contributed by atoms with E-state index in [4.69, 9.17) is 0 Å². The summed E-state index contributed by atoms with van der Waals surface area (Å²) in [5.41, 5.74) is 4.13. The number of benzene rings is 1. The Morgan fingerprint density at radius 2 is 1.89 bits per heavy atom. The lowest BCUT2D eigenvalue weighted by Gasteiger charge is -2.27. The fraction of sp³-hybridized carbons (Fsp3) is 0.588. The zero-order valence-corrected chi connectivity index (χ0v) is 12.4. The average molecular weight is 259 g/mol. The molecule has 0 aliphatic heterocycles. The van der Waals surface area contributed by atoms with E-state index < -0.39 is 0 Å². The van der Waals surface area contributed by atoms with Gasteiger partial charge in [-0.25, -0.2) is 0 Å². The molecular weight excluding hydrogens is 234 g/mol. The quantitative estimate of drug-likeness (QED) is 0.825.